The summed E-state index contributed by atoms with van der Waals surface area (Å²) < 4.78 is 12.7. The zero-order valence-electron chi connectivity index (χ0n) is 10.3. The zero-order chi connectivity index (χ0) is 12.0. The second-order valence-electron chi connectivity index (χ2n) is 4.38. The molecule has 1 aromatic carbocycles. The SMILES string of the molecule is C[C@@H](NCCCN(C)C)c1ccc(F)cc1. The van der Waals surface area contributed by atoms with E-state index in [1.54, 1.807) is 0 Å². The minimum atomic E-state index is -0.177. The van der Waals surface area contributed by atoms with Crippen LogP contribution < -0.4 is 5.32 Å². The smallest absolute Gasteiger partial charge is 0.123 e. The van der Waals surface area contributed by atoms with Crippen molar-refractivity contribution in [1.82, 2.24) is 10.2 Å². The van der Waals surface area contributed by atoms with E-state index in [-0.39, 0.29) is 11.9 Å². The highest BCUT2D eigenvalue weighted by Gasteiger charge is 2.03. The summed E-state index contributed by atoms with van der Waals surface area (Å²) in [4.78, 5) is 2.17. The van der Waals surface area contributed by atoms with Gasteiger partial charge in [-0.3, -0.25) is 0 Å². The second-order valence-corrected chi connectivity index (χ2v) is 4.38. The van der Waals surface area contributed by atoms with Crippen molar-refractivity contribution in [3.05, 3.63) is 35.6 Å². The molecule has 0 aliphatic heterocycles. The summed E-state index contributed by atoms with van der Waals surface area (Å²) in [7, 11) is 4.15. The fourth-order valence-electron chi connectivity index (χ4n) is 1.58. The van der Waals surface area contributed by atoms with E-state index in [9.17, 15) is 4.39 Å². The van der Waals surface area contributed by atoms with Gasteiger partial charge in [0.05, 0.1) is 0 Å². The van der Waals surface area contributed by atoms with Crippen molar-refractivity contribution in [2.45, 2.75) is 19.4 Å². The highest BCUT2D eigenvalue weighted by Crippen LogP contribution is 2.12. The van der Waals surface area contributed by atoms with E-state index in [4.69, 9.17) is 0 Å². The highest BCUT2D eigenvalue weighted by atomic mass is 19.1. The lowest BCUT2D eigenvalue weighted by Gasteiger charge is -2.15. The molecule has 0 saturated carbocycles. The quantitative estimate of drug-likeness (QED) is 0.747. The minimum Gasteiger partial charge on any atom is -0.310 e. The minimum absolute atomic E-state index is 0.177. The Morgan fingerprint density at radius 3 is 2.44 bits per heavy atom. The first-order valence-electron chi connectivity index (χ1n) is 5.73. The highest BCUT2D eigenvalue weighted by molar-refractivity contribution is 5.19. The van der Waals surface area contributed by atoms with Crippen molar-refractivity contribution < 1.29 is 4.39 Å². The van der Waals surface area contributed by atoms with Crippen LogP contribution in [0.2, 0.25) is 0 Å². The Hall–Kier alpha value is -0.930. The molecule has 16 heavy (non-hydrogen) atoms. The van der Waals surface area contributed by atoms with Gasteiger partial charge >= 0.3 is 0 Å². The number of nitrogens with zero attached hydrogens (tertiary/aromatic N) is 1. The summed E-state index contributed by atoms with van der Waals surface area (Å²) in [6.45, 7) is 4.17. The summed E-state index contributed by atoms with van der Waals surface area (Å²) in [5.74, 6) is -0.177. The van der Waals surface area contributed by atoms with Crippen molar-refractivity contribution in [3.63, 3.8) is 0 Å². The van der Waals surface area contributed by atoms with Crippen molar-refractivity contribution in [3.8, 4) is 0 Å². The Kier molecular flexibility index (Phi) is 5.43. The molecule has 90 valence electrons. The first-order valence-corrected chi connectivity index (χ1v) is 5.73. The Balaban J connectivity index is 2.29. The van der Waals surface area contributed by atoms with E-state index in [1.165, 1.54) is 12.1 Å². The summed E-state index contributed by atoms with van der Waals surface area (Å²) in [6, 6.07) is 6.96. The van der Waals surface area contributed by atoms with Crippen LogP contribution in [-0.2, 0) is 0 Å². The lowest BCUT2D eigenvalue weighted by Crippen LogP contribution is -2.23. The van der Waals surface area contributed by atoms with Gasteiger partial charge < -0.3 is 10.2 Å². The third-order valence-electron chi connectivity index (χ3n) is 2.60. The Labute approximate surface area is 97.5 Å². The van der Waals surface area contributed by atoms with E-state index in [0.717, 1.165) is 25.1 Å². The van der Waals surface area contributed by atoms with Crippen molar-refractivity contribution in [2.24, 2.45) is 0 Å². The molecule has 0 unspecified atom stereocenters. The average Bonchev–Trinajstić information content (AvgIpc) is 2.25. The van der Waals surface area contributed by atoms with Gasteiger partial charge in [-0.25, -0.2) is 4.39 Å². The van der Waals surface area contributed by atoms with Crippen LogP contribution in [0.4, 0.5) is 4.39 Å². The van der Waals surface area contributed by atoms with E-state index in [0.29, 0.717) is 0 Å². The predicted molar refractivity (Wildman–Crippen MR) is 66.0 cm³/mol. The van der Waals surface area contributed by atoms with Gasteiger partial charge in [-0.1, -0.05) is 12.1 Å². The van der Waals surface area contributed by atoms with E-state index >= 15 is 0 Å². The van der Waals surface area contributed by atoms with Gasteiger partial charge in [-0.05, 0) is 58.2 Å². The van der Waals surface area contributed by atoms with Crippen molar-refractivity contribution in [2.75, 3.05) is 27.2 Å². The molecular weight excluding hydrogens is 203 g/mol. The molecule has 0 bridgehead atoms. The molecule has 1 rings (SSSR count). The first kappa shape index (κ1) is 13.1. The summed E-state index contributed by atoms with van der Waals surface area (Å²) in [5, 5.41) is 3.42. The van der Waals surface area contributed by atoms with Crippen LogP contribution in [-0.4, -0.2) is 32.1 Å². The standard InChI is InChI=1S/C13H21FN2/c1-11(15-9-4-10-16(2)3)12-5-7-13(14)8-6-12/h5-8,11,15H,4,9-10H2,1-3H3/t11-/m1/s1. The number of benzene rings is 1. The van der Waals surface area contributed by atoms with Crippen LogP contribution in [0, 0.1) is 5.82 Å². The molecule has 0 aromatic heterocycles. The van der Waals surface area contributed by atoms with Gasteiger partial charge in [0.25, 0.3) is 0 Å². The molecule has 0 spiro atoms. The molecule has 0 heterocycles. The van der Waals surface area contributed by atoms with Gasteiger partial charge in [0, 0.05) is 6.04 Å². The fraction of sp³-hybridized carbons (Fsp3) is 0.538. The molecule has 0 fully saturated rings. The monoisotopic (exact) mass is 224 g/mol. The molecule has 0 radical (unpaired) electrons. The summed E-state index contributed by atoms with van der Waals surface area (Å²) in [6.07, 6.45) is 1.12. The van der Waals surface area contributed by atoms with Gasteiger partial charge in [-0.2, -0.15) is 0 Å². The normalized spacial score (nSPS) is 13.1. The number of hydrogen-bond donors (Lipinski definition) is 1. The van der Waals surface area contributed by atoms with Crippen LogP contribution in [0.25, 0.3) is 0 Å². The molecule has 1 aromatic rings. The zero-order valence-corrected chi connectivity index (χ0v) is 10.3. The Morgan fingerprint density at radius 1 is 1.25 bits per heavy atom. The lowest BCUT2D eigenvalue weighted by atomic mass is 10.1. The molecule has 3 heteroatoms. The first-order chi connectivity index (χ1) is 7.59. The maximum Gasteiger partial charge on any atom is 0.123 e. The summed E-state index contributed by atoms with van der Waals surface area (Å²) in [5.41, 5.74) is 1.13. The molecule has 2 nitrogen and oxygen atoms in total. The maximum absolute atomic E-state index is 12.7. The van der Waals surface area contributed by atoms with Gasteiger partial charge in [0.1, 0.15) is 5.82 Å². The molecule has 0 amide bonds. The van der Waals surface area contributed by atoms with E-state index in [1.807, 2.05) is 12.1 Å². The van der Waals surface area contributed by atoms with Crippen LogP contribution >= 0.6 is 0 Å². The average molecular weight is 224 g/mol. The van der Waals surface area contributed by atoms with Crippen LogP contribution in [0.15, 0.2) is 24.3 Å². The molecular formula is C13H21FN2. The molecule has 0 aliphatic carbocycles. The van der Waals surface area contributed by atoms with Gasteiger partial charge in [0.2, 0.25) is 0 Å². The molecule has 0 aliphatic rings. The Bertz CT molecular complexity index is 295. The molecule has 1 N–H and O–H groups in total. The summed E-state index contributed by atoms with van der Waals surface area (Å²) >= 11 is 0. The van der Waals surface area contributed by atoms with Crippen molar-refractivity contribution >= 4 is 0 Å². The lowest BCUT2D eigenvalue weighted by molar-refractivity contribution is 0.389. The third kappa shape index (κ3) is 4.73. The predicted octanol–water partition coefficient (Wildman–Crippen LogP) is 2.43. The topological polar surface area (TPSA) is 15.3 Å². The number of nitrogens with one attached hydrogen (secondary N) is 1. The third-order valence-corrected chi connectivity index (χ3v) is 2.60. The van der Waals surface area contributed by atoms with Crippen molar-refractivity contribution in [1.29, 1.82) is 0 Å². The largest absolute Gasteiger partial charge is 0.310 e. The van der Waals surface area contributed by atoms with Gasteiger partial charge in [0.15, 0.2) is 0 Å². The molecule has 0 saturated heterocycles. The number of hydrogen-bond acceptors (Lipinski definition) is 2. The van der Waals surface area contributed by atoms with E-state index in [2.05, 4.69) is 31.2 Å². The second kappa shape index (κ2) is 6.61. The van der Waals surface area contributed by atoms with Crippen LogP contribution in [0.1, 0.15) is 24.9 Å². The van der Waals surface area contributed by atoms with Crippen LogP contribution in [0.5, 0.6) is 0 Å². The van der Waals surface area contributed by atoms with Crippen LogP contribution in [0.3, 0.4) is 0 Å². The number of rotatable bonds is 6. The fourth-order valence-corrected chi connectivity index (χ4v) is 1.58. The molecule has 1 atom stereocenters. The number of halogens is 1. The Morgan fingerprint density at radius 2 is 1.88 bits per heavy atom. The van der Waals surface area contributed by atoms with E-state index < -0.39 is 0 Å². The maximum atomic E-state index is 12.7. The van der Waals surface area contributed by atoms with Gasteiger partial charge in [-0.15, -0.1) is 0 Å².